The molecule has 0 N–H and O–H groups in total. The largest absolute Gasteiger partial charge is 0.309 e. The van der Waals surface area contributed by atoms with Crippen molar-refractivity contribution < 1.29 is 9.68 Å². The van der Waals surface area contributed by atoms with Gasteiger partial charge in [-0.3, -0.25) is 0 Å². The fourth-order valence-electron chi connectivity index (χ4n) is 7.60. The lowest BCUT2D eigenvalue weighted by Gasteiger charge is -2.26. The lowest BCUT2D eigenvalue weighted by molar-refractivity contribution is -0.0273. The van der Waals surface area contributed by atoms with Gasteiger partial charge < -0.3 is 4.57 Å². The lowest BCUT2D eigenvalue weighted by Crippen LogP contribution is -2.41. The maximum Gasteiger partial charge on any atom is 0.124 e. The molecule has 9 rings (SSSR count). The predicted octanol–water partition coefficient (Wildman–Crippen LogP) is 12.2. The van der Waals surface area contributed by atoms with Crippen molar-refractivity contribution in [1.82, 2.24) is 4.57 Å². The van der Waals surface area contributed by atoms with E-state index in [4.69, 9.17) is 9.68 Å². The zero-order valence-electron chi connectivity index (χ0n) is 29.8. The molecule has 1 fully saturated rings. The molecule has 6 aromatic carbocycles. The summed E-state index contributed by atoms with van der Waals surface area (Å²) >= 11 is 0. The van der Waals surface area contributed by atoms with Gasteiger partial charge in [-0.25, -0.2) is 9.68 Å². The van der Waals surface area contributed by atoms with Crippen LogP contribution in [-0.2, 0) is 15.1 Å². The Balaban J connectivity index is 0.00000171. The molecule has 0 spiro atoms. The van der Waals surface area contributed by atoms with Crippen LogP contribution >= 0.6 is 0 Å². The van der Waals surface area contributed by atoms with E-state index in [1.807, 2.05) is 13.8 Å². The van der Waals surface area contributed by atoms with Crippen molar-refractivity contribution in [2.45, 2.75) is 72.0 Å². The third kappa shape index (κ3) is 4.65. The normalized spacial score (nSPS) is 16.9. The number of hydrogen-bond donors (Lipinski definition) is 0. The summed E-state index contributed by atoms with van der Waals surface area (Å²) in [4.78, 5) is 12.9. The number of benzene rings is 6. The highest BCUT2D eigenvalue weighted by Gasteiger charge is 2.50. The highest BCUT2D eigenvalue weighted by molar-refractivity contribution is 6.12. The molecule has 0 bridgehead atoms. The number of nitrogens with zero attached hydrogens (tertiary/aromatic N) is 2. The van der Waals surface area contributed by atoms with Crippen molar-refractivity contribution in [3.63, 3.8) is 0 Å². The molecule has 0 radical (unpaired) electrons. The summed E-state index contributed by atoms with van der Waals surface area (Å²) in [5, 5.41) is 6.54. The van der Waals surface area contributed by atoms with Crippen molar-refractivity contribution in [1.29, 1.82) is 0 Å². The number of rotatable bonds is 3. The van der Waals surface area contributed by atoms with Crippen molar-refractivity contribution in [2.24, 2.45) is 0 Å². The van der Waals surface area contributed by atoms with Crippen LogP contribution in [0.2, 0.25) is 0 Å². The monoisotopic (exact) mass is 644 g/mol. The summed E-state index contributed by atoms with van der Waals surface area (Å²) in [6.07, 6.45) is 0. The molecule has 1 aliphatic carbocycles. The van der Waals surface area contributed by atoms with Crippen molar-refractivity contribution in [2.75, 3.05) is 5.23 Å². The predicted molar refractivity (Wildman–Crippen MR) is 205 cm³/mol. The fraction of sp³-hybridized carbons (Fsp3) is 0.244. The van der Waals surface area contributed by atoms with E-state index in [-0.39, 0.29) is 5.41 Å². The molecular weight excluding hydrogens is 601 g/mol. The molecule has 7 aromatic rings. The molecule has 1 saturated heterocycles. The fourth-order valence-corrected chi connectivity index (χ4v) is 7.60. The highest BCUT2D eigenvalue weighted by Crippen LogP contribution is 2.51. The lowest BCUT2D eigenvalue weighted by atomic mass is 9.82. The number of aromatic nitrogens is 1. The molecule has 49 heavy (non-hydrogen) atoms. The summed E-state index contributed by atoms with van der Waals surface area (Å²) in [6.45, 7) is 17.0. The number of hydrogen-bond acceptors (Lipinski definition) is 3. The Morgan fingerprint density at radius 1 is 0.490 bits per heavy atom. The SMILES string of the molecule is CC.CC1(C)c2ccccc2-c2cc3c4ccccc4n(-c4cc(N5OC(C)(C)C(C)(C)O5)ccc4-c4ccc5ccccc5c4)c3cc21. The molecule has 2 heterocycles. The van der Waals surface area contributed by atoms with E-state index in [9.17, 15) is 0 Å². The van der Waals surface area contributed by atoms with E-state index < -0.39 is 11.2 Å². The van der Waals surface area contributed by atoms with Gasteiger partial charge in [0.2, 0.25) is 0 Å². The standard InChI is InChI=1S/C43H38N2O2.C2H6/c1-41(2)36-17-11-9-15-32(36)34-25-35-33-16-10-12-18-38(33)44(40(35)26-37(34)41)39-24-30(45-46-42(3,4)43(5,6)47-45)21-22-31(39)29-20-19-27-13-7-8-14-28(27)23-29;1-2/h7-26H,1-6H3;1-2H3. The molecule has 0 saturated carbocycles. The molecule has 0 unspecified atom stereocenters. The summed E-state index contributed by atoms with van der Waals surface area (Å²) in [5.74, 6) is 0. The zero-order chi connectivity index (χ0) is 34.3. The van der Waals surface area contributed by atoms with Crippen LogP contribution < -0.4 is 5.23 Å². The topological polar surface area (TPSA) is 26.6 Å². The van der Waals surface area contributed by atoms with Gasteiger partial charge in [0.25, 0.3) is 0 Å². The first kappa shape index (κ1) is 31.4. The average Bonchev–Trinajstić information content (AvgIpc) is 3.64. The van der Waals surface area contributed by atoms with Gasteiger partial charge in [-0.15, -0.1) is 5.23 Å². The molecule has 1 aliphatic heterocycles. The van der Waals surface area contributed by atoms with Crippen LogP contribution in [0.1, 0.15) is 66.5 Å². The van der Waals surface area contributed by atoms with Gasteiger partial charge in [-0.1, -0.05) is 113 Å². The Labute approximate surface area is 289 Å². The number of fused-ring (bicyclic) bond motifs is 7. The molecule has 0 atom stereocenters. The van der Waals surface area contributed by atoms with Crippen LogP contribution in [0.15, 0.2) is 121 Å². The van der Waals surface area contributed by atoms with Crippen LogP contribution in [0.4, 0.5) is 5.69 Å². The van der Waals surface area contributed by atoms with Gasteiger partial charge in [0, 0.05) is 21.8 Å². The smallest absolute Gasteiger partial charge is 0.124 e. The summed E-state index contributed by atoms with van der Waals surface area (Å²) in [6, 6.07) is 44.4. The second-order valence-corrected chi connectivity index (χ2v) is 14.7. The van der Waals surface area contributed by atoms with Crippen LogP contribution in [0.25, 0.3) is 60.5 Å². The van der Waals surface area contributed by atoms with Crippen molar-refractivity contribution in [3.8, 4) is 27.9 Å². The van der Waals surface area contributed by atoms with Crippen molar-refractivity contribution >= 4 is 38.3 Å². The first-order chi connectivity index (χ1) is 23.5. The summed E-state index contributed by atoms with van der Waals surface area (Å²) < 4.78 is 2.45. The molecule has 4 heteroatoms. The van der Waals surface area contributed by atoms with E-state index in [0.29, 0.717) is 0 Å². The van der Waals surface area contributed by atoms with Gasteiger partial charge in [0.15, 0.2) is 0 Å². The van der Waals surface area contributed by atoms with E-state index >= 15 is 0 Å². The molecule has 246 valence electrons. The Morgan fingerprint density at radius 2 is 1.16 bits per heavy atom. The minimum atomic E-state index is -0.502. The maximum absolute atomic E-state index is 6.43. The summed E-state index contributed by atoms with van der Waals surface area (Å²) in [5.41, 5.74) is 10.9. The number of para-hydroxylation sites is 1. The molecule has 1 aromatic heterocycles. The van der Waals surface area contributed by atoms with Gasteiger partial charge in [0.1, 0.15) is 11.2 Å². The Hall–Kier alpha value is -4.90. The maximum atomic E-state index is 6.43. The van der Waals surface area contributed by atoms with Gasteiger partial charge >= 0.3 is 0 Å². The van der Waals surface area contributed by atoms with E-state index in [1.54, 1.807) is 5.23 Å². The second kappa shape index (κ2) is 11.1. The number of anilines is 1. The van der Waals surface area contributed by atoms with Gasteiger partial charge in [-0.05, 0) is 103 Å². The van der Waals surface area contributed by atoms with Gasteiger partial charge in [0.05, 0.1) is 22.4 Å². The minimum absolute atomic E-state index is 0.112. The van der Waals surface area contributed by atoms with Crippen molar-refractivity contribution in [3.05, 3.63) is 132 Å². The first-order valence-electron chi connectivity index (χ1n) is 17.5. The molecular formula is C45H44N2O2. The minimum Gasteiger partial charge on any atom is -0.309 e. The molecule has 4 nitrogen and oxygen atoms in total. The highest BCUT2D eigenvalue weighted by atomic mass is 17.0. The third-order valence-corrected chi connectivity index (χ3v) is 10.9. The average molecular weight is 645 g/mol. The zero-order valence-corrected chi connectivity index (χ0v) is 29.8. The Bertz CT molecular complexity index is 2400. The van der Waals surface area contributed by atoms with Crippen LogP contribution in [-0.4, -0.2) is 15.8 Å². The van der Waals surface area contributed by atoms with Crippen LogP contribution in [0.3, 0.4) is 0 Å². The van der Waals surface area contributed by atoms with E-state index in [2.05, 4.69) is 167 Å². The molecule has 2 aliphatic rings. The van der Waals surface area contributed by atoms with E-state index in [1.165, 1.54) is 54.8 Å². The Morgan fingerprint density at radius 3 is 1.94 bits per heavy atom. The Kier molecular flexibility index (Phi) is 7.08. The second-order valence-electron chi connectivity index (χ2n) is 14.7. The summed E-state index contributed by atoms with van der Waals surface area (Å²) in [7, 11) is 0. The van der Waals surface area contributed by atoms with Crippen LogP contribution in [0.5, 0.6) is 0 Å². The van der Waals surface area contributed by atoms with Crippen LogP contribution in [0, 0.1) is 0 Å². The van der Waals surface area contributed by atoms with E-state index in [0.717, 1.165) is 22.5 Å². The molecule has 0 amide bonds. The van der Waals surface area contributed by atoms with Gasteiger partial charge in [-0.2, -0.15) is 0 Å². The first-order valence-corrected chi connectivity index (χ1v) is 17.5. The quantitative estimate of drug-likeness (QED) is 0.191. The third-order valence-electron chi connectivity index (χ3n) is 10.9.